The zero-order valence-corrected chi connectivity index (χ0v) is 18.7. The zero-order chi connectivity index (χ0) is 21.1. The van der Waals surface area contributed by atoms with Crippen LogP contribution in [-0.4, -0.2) is 50.3 Å². The monoisotopic (exact) mass is 420 g/mol. The summed E-state index contributed by atoms with van der Waals surface area (Å²) in [5.74, 6) is 4.55. The van der Waals surface area contributed by atoms with Gasteiger partial charge >= 0.3 is 0 Å². The maximum absolute atomic E-state index is 12.1. The second kappa shape index (κ2) is 9.99. The lowest BCUT2D eigenvalue weighted by atomic mass is 9.84. The zero-order valence-electron chi connectivity index (χ0n) is 18.7. The van der Waals surface area contributed by atoms with Crippen LogP contribution in [0.25, 0.3) is 0 Å². The third-order valence-corrected chi connectivity index (χ3v) is 8.49. The van der Waals surface area contributed by atoms with Crippen LogP contribution in [0.3, 0.4) is 0 Å². The summed E-state index contributed by atoms with van der Waals surface area (Å²) >= 11 is 0. The molecule has 0 aromatic heterocycles. The van der Waals surface area contributed by atoms with Gasteiger partial charge in [0.1, 0.15) is 13.2 Å². The standard InChI is InChI=1S/C24H40N2O4/c1-15(21-11-17-3-5-19(21)9-17)25-23(27)13-29-7-8-30-14-24(28)26-16(2)22-12-18-4-6-20(22)10-18/h15-22H,3-14H2,1-2H3,(H,25,27)(H,26,28). The van der Waals surface area contributed by atoms with E-state index in [0.717, 1.165) is 23.7 Å². The first-order chi connectivity index (χ1) is 14.5. The Morgan fingerprint density at radius 3 is 1.50 bits per heavy atom. The molecule has 4 aliphatic carbocycles. The van der Waals surface area contributed by atoms with Crippen molar-refractivity contribution in [1.29, 1.82) is 0 Å². The number of carbonyl (C=O) groups is 2. The SMILES string of the molecule is CC(NC(=O)COCCOCC(=O)NC(C)C1CC2CCC1C2)C1CC2CCC1C2. The number of rotatable bonds is 11. The highest BCUT2D eigenvalue weighted by Gasteiger charge is 2.43. The van der Waals surface area contributed by atoms with E-state index >= 15 is 0 Å². The molecule has 0 aromatic carbocycles. The third-order valence-electron chi connectivity index (χ3n) is 8.49. The number of hydrogen-bond donors (Lipinski definition) is 2. The van der Waals surface area contributed by atoms with Gasteiger partial charge < -0.3 is 20.1 Å². The quantitative estimate of drug-likeness (QED) is 0.504. The molecule has 4 bridgehead atoms. The van der Waals surface area contributed by atoms with Crippen molar-refractivity contribution < 1.29 is 19.1 Å². The molecular weight excluding hydrogens is 380 g/mol. The fraction of sp³-hybridized carbons (Fsp3) is 0.917. The van der Waals surface area contributed by atoms with Crippen molar-refractivity contribution in [1.82, 2.24) is 10.6 Å². The molecule has 2 amide bonds. The molecule has 4 rings (SSSR count). The molecule has 0 aliphatic heterocycles. The summed E-state index contributed by atoms with van der Waals surface area (Å²) in [6.07, 6.45) is 10.7. The Bertz CT molecular complexity index is 560. The lowest BCUT2D eigenvalue weighted by Crippen LogP contribution is -2.42. The molecule has 0 saturated heterocycles. The molecule has 8 unspecified atom stereocenters. The van der Waals surface area contributed by atoms with E-state index in [-0.39, 0.29) is 37.1 Å². The van der Waals surface area contributed by atoms with Crippen LogP contribution in [0.5, 0.6) is 0 Å². The lowest BCUT2D eigenvalue weighted by molar-refractivity contribution is -0.130. The van der Waals surface area contributed by atoms with E-state index in [1.807, 2.05) is 0 Å². The van der Waals surface area contributed by atoms with Gasteiger partial charge in [0.2, 0.25) is 11.8 Å². The average Bonchev–Trinajstić information content (AvgIpc) is 3.51. The number of fused-ring (bicyclic) bond motifs is 4. The van der Waals surface area contributed by atoms with E-state index in [2.05, 4.69) is 24.5 Å². The Kier molecular flexibility index (Phi) is 7.35. The summed E-state index contributed by atoms with van der Waals surface area (Å²) in [7, 11) is 0. The number of amides is 2. The second-order valence-corrected chi connectivity index (χ2v) is 10.5. The van der Waals surface area contributed by atoms with Gasteiger partial charge in [0, 0.05) is 12.1 Å². The smallest absolute Gasteiger partial charge is 0.246 e. The molecule has 6 nitrogen and oxygen atoms in total. The van der Waals surface area contributed by atoms with Crippen LogP contribution in [0.15, 0.2) is 0 Å². The Morgan fingerprint density at radius 2 is 1.17 bits per heavy atom. The fourth-order valence-corrected chi connectivity index (χ4v) is 7.07. The van der Waals surface area contributed by atoms with Crippen LogP contribution >= 0.6 is 0 Å². The molecule has 4 saturated carbocycles. The number of hydrogen-bond acceptors (Lipinski definition) is 4. The molecule has 30 heavy (non-hydrogen) atoms. The molecule has 4 fully saturated rings. The van der Waals surface area contributed by atoms with Gasteiger partial charge in [0.25, 0.3) is 0 Å². The van der Waals surface area contributed by atoms with Crippen LogP contribution in [-0.2, 0) is 19.1 Å². The minimum atomic E-state index is -0.0531. The molecular formula is C24H40N2O4. The average molecular weight is 421 g/mol. The van der Waals surface area contributed by atoms with Gasteiger partial charge in [-0.1, -0.05) is 12.8 Å². The van der Waals surface area contributed by atoms with Gasteiger partial charge in [-0.15, -0.1) is 0 Å². The molecule has 0 heterocycles. The Labute approximate surface area is 181 Å². The van der Waals surface area contributed by atoms with Crippen LogP contribution < -0.4 is 10.6 Å². The highest BCUT2D eigenvalue weighted by molar-refractivity contribution is 5.77. The first-order valence-corrected chi connectivity index (χ1v) is 12.2. The summed E-state index contributed by atoms with van der Waals surface area (Å²) < 4.78 is 10.9. The van der Waals surface area contributed by atoms with E-state index in [9.17, 15) is 9.59 Å². The summed E-state index contributed by atoms with van der Waals surface area (Å²) in [5.41, 5.74) is 0. The first kappa shape index (κ1) is 22.1. The summed E-state index contributed by atoms with van der Waals surface area (Å²) in [5, 5.41) is 6.21. The number of carbonyl (C=O) groups excluding carboxylic acids is 2. The van der Waals surface area contributed by atoms with E-state index in [1.165, 1.54) is 51.4 Å². The fourth-order valence-electron chi connectivity index (χ4n) is 7.07. The topological polar surface area (TPSA) is 76.7 Å². The van der Waals surface area contributed by atoms with Gasteiger partial charge in [-0.2, -0.15) is 0 Å². The van der Waals surface area contributed by atoms with Crippen molar-refractivity contribution in [3.63, 3.8) is 0 Å². The molecule has 0 spiro atoms. The highest BCUT2D eigenvalue weighted by Crippen LogP contribution is 2.50. The molecule has 4 aliphatic rings. The van der Waals surface area contributed by atoms with Gasteiger partial charge in [-0.05, 0) is 87.9 Å². The molecule has 2 N–H and O–H groups in total. The largest absolute Gasteiger partial charge is 0.369 e. The molecule has 0 radical (unpaired) electrons. The summed E-state index contributed by atoms with van der Waals surface area (Å²) in [4.78, 5) is 24.2. The van der Waals surface area contributed by atoms with Crippen molar-refractivity contribution in [3.05, 3.63) is 0 Å². The molecule has 0 aromatic rings. The molecule has 170 valence electrons. The van der Waals surface area contributed by atoms with Gasteiger partial charge in [-0.3, -0.25) is 9.59 Å². The van der Waals surface area contributed by atoms with Gasteiger partial charge in [-0.25, -0.2) is 0 Å². The van der Waals surface area contributed by atoms with Crippen molar-refractivity contribution in [3.8, 4) is 0 Å². The van der Waals surface area contributed by atoms with Crippen molar-refractivity contribution in [2.24, 2.45) is 35.5 Å². The normalized spacial score (nSPS) is 36.1. The Hall–Kier alpha value is -1.14. The third kappa shape index (κ3) is 5.37. The minimum absolute atomic E-state index is 0.0531. The molecule has 8 atom stereocenters. The van der Waals surface area contributed by atoms with E-state index in [4.69, 9.17) is 9.47 Å². The summed E-state index contributed by atoms with van der Waals surface area (Å²) in [6.45, 7) is 5.02. The molecule has 6 heteroatoms. The van der Waals surface area contributed by atoms with E-state index in [1.54, 1.807) is 0 Å². The predicted molar refractivity (Wildman–Crippen MR) is 115 cm³/mol. The van der Waals surface area contributed by atoms with Crippen molar-refractivity contribution in [2.75, 3.05) is 26.4 Å². The van der Waals surface area contributed by atoms with Gasteiger partial charge in [0.05, 0.1) is 13.2 Å². The van der Waals surface area contributed by atoms with Crippen LogP contribution in [0.4, 0.5) is 0 Å². The van der Waals surface area contributed by atoms with Crippen LogP contribution in [0.1, 0.15) is 65.2 Å². The minimum Gasteiger partial charge on any atom is -0.369 e. The second-order valence-electron chi connectivity index (χ2n) is 10.5. The van der Waals surface area contributed by atoms with E-state index in [0.29, 0.717) is 25.0 Å². The maximum Gasteiger partial charge on any atom is 0.246 e. The van der Waals surface area contributed by atoms with Crippen molar-refractivity contribution in [2.45, 2.75) is 77.3 Å². The summed E-state index contributed by atoms with van der Waals surface area (Å²) in [6, 6.07) is 0.460. The predicted octanol–water partition coefficient (Wildman–Crippen LogP) is 2.90. The number of nitrogens with one attached hydrogen (secondary N) is 2. The van der Waals surface area contributed by atoms with Crippen LogP contribution in [0, 0.1) is 35.5 Å². The Balaban J connectivity index is 1.01. The van der Waals surface area contributed by atoms with Gasteiger partial charge in [0.15, 0.2) is 0 Å². The lowest BCUT2D eigenvalue weighted by Gasteiger charge is -2.28. The highest BCUT2D eigenvalue weighted by atomic mass is 16.5. The van der Waals surface area contributed by atoms with E-state index < -0.39 is 0 Å². The Morgan fingerprint density at radius 1 is 0.733 bits per heavy atom. The first-order valence-electron chi connectivity index (χ1n) is 12.2. The maximum atomic E-state index is 12.1. The van der Waals surface area contributed by atoms with Crippen LogP contribution in [0.2, 0.25) is 0 Å². The van der Waals surface area contributed by atoms with Crippen molar-refractivity contribution >= 4 is 11.8 Å². The number of ether oxygens (including phenoxy) is 2.